The first-order valence-electron chi connectivity index (χ1n) is 9.66. The average Bonchev–Trinajstić information content (AvgIpc) is 3.20. The molecule has 0 aromatic heterocycles. The molecule has 1 heterocycles. The summed E-state index contributed by atoms with van der Waals surface area (Å²) in [4.78, 5) is 25.3. The van der Waals surface area contributed by atoms with Crippen molar-refractivity contribution >= 4 is 12.0 Å². The van der Waals surface area contributed by atoms with Crippen molar-refractivity contribution in [3.63, 3.8) is 0 Å². The first-order chi connectivity index (χ1) is 13.1. The van der Waals surface area contributed by atoms with Gasteiger partial charge in [0.25, 0.3) is 0 Å². The Morgan fingerprint density at radius 1 is 1.22 bits per heavy atom. The average molecular weight is 376 g/mol. The maximum atomic E-state index is 12.5. The van der Waals surface area contributed by atoms with Crippen LogP contribution in [0.5, 0.6) is 11.5 Å². The lowest BCUT2D eigenvalue weighted by Gasteiger charge is -2.30. The number of para-hydroxylation sites is 1. The molecule has 27 heavy (non-hydrogen) atoms. The van der Waals surface area contributed by atoms with Crippen molar-refractivity contribution in [3.05, 3.63) is 23.8 Å². The molecule has 7 nitrogen and oxygen atoms in total. The summed E-state index contributed by atoms with van der Waals surface area (Å²) in [5, 5.41) is 12.1. The molecule has 2 fully saturated rings. The second-order valence-corrected chi connectivity index (χ2v) is 7.25. The summed E-state index contributed by atoms with van der Waals surface area (Å²) < 4.78 is 11.6. The monoisotopic (exact) mass is 376 g/mol. The third kappa shape index (κ3) is 4.84. The summed E-state index contributed by atoms with van der Waals surface area (Å²) in [6, 6.07) is 5.42. The van der Waals surface area contributed by atoms with Crippen LogP contribution in [0.15, 0.2) is 18.2 Å². The van der Waals surface area contributed by atoms with Gasteiger partial charge in [0.2, 0.25) is 0 Å². The number of aliphatic carboxylic acids is 1. The number of carbonyl (C=O) groups is 2. The third-order valence-corrected chi connectivity index (χ3v) is 5.35. The molecule has 2 amide bonds. The molecule has 1 aliphatic heterocycles. The van der Waals surface area contributed by atoms with Gasteiger partial charge in [0.15, 0.2) is 11.5 Å². The number of hydrogen-bond acceptors (Lipinski definition) is 4. The van der Waals surface area contributed by atoms with Gasteiger partial charge in [-0.05, 0) is 44.6 Å². The van der Waals surface area contributed by atoms with Gasteiger partial charge in [0.1, 0.15) is 0 Å². The molecule has 1 aliphatic carbocycles. The number of carbonyl (C=O) groups excluding carboxylic acids is 1. The predicted molar refractivity (Wildman–Crippen MR) is 100 cm³/mol. The highest BCUT2D eigenvalue weighted by Gasteiger charge is 2.28. The van der Waals surface area contributed by atoms with E-state index in [1.807, 2.05) is 18.2 Å². The number of piperidine rings is 1. The Morgan fingerprint density at radius 3 is 2.70 bits per heavy atom. The number of urea groups is 1. The molecule has 7 heteroatoms. The van der Waals surface area contributed by atoms with E-state index >= 15 is 0 Å². The third-order valence-electron chi connectivity index (χ3n) is 5.35. The number of methoxy groups -OCH3 is 1. The van der Waals surface area contributed by atoms with Crippen molar-refractivity contribution in [2.75, 3.05) is 20.2 Å². The number of rotatable bonds is 6. The number of hydrogen-bond donors (Lipinski definition) is 2. The lowest BCUT2D eigenvalue weighted by atomic mass is 9.99. The molecular formula is C20H28N2O5. The van der Waals surface area contributed by atoms with E-state index in [1.54, 1.807) is 12.0 Å². The summed E-state index contributed by atoms with van der Waals surface area (Å²) in [5.41, 5.74) is 0.862. The van der Waals surface area contributed by atoms with E-state index in [9.17, 15) is 14.7 Å². The van der Waals surface area contributed by atoms with Gasteiger partial charge in [-0.2, -0.15) is 0 Å². The number of benzene rings is 1. The van der Waals surface area contributed by atoms with Crippen LogP contribution in [0.3, 0.4) is 0 Å². The Bertz CT molecular complexity index is 672. The van der Waals surface area contributed by atoms with Gasteiger partial charge in [-0.1, -0.05) is 12.1 Å². The summed E-state index contributed by atoms with van der Waals surface area (Å²) in [6.45, 7) is 1.15. The van der Waals surface area contributed by atoms with Gasteiger partial charge in [-0.25, -0.2) is 4.79 Å². The molecule has 1 saturated carbocycles. The number of nitrogens with one attached hydrogen (secondary N) is 1. The van der Waals surface area contributed by atoms with Gasteiger partial charge in [-0.3, -0.25) is 4.79 Å². The fourth-order valence-corrected chi connectivity index (χ4v) is 3.81. The van der Waals surface area contributed by atoms with Gasteiger partial charge >= 0.3 is 12.0 Å². The minimum absolute atomic E-state index is 0.189. The SMILES string of the molecule is COc1cccc(CNC(=O)N2CCCC(C(=O)O)C2)c1OC1CCCC1. The topological polar surface area (TPSA) is 88.1 Å². The lowest BCUT2D eigenvalue weighted by Crippen LogP contribution is -2.46. The highest BCUT2D eigenvalue weighted by Crippen LogP contribution is 2.34. The van der Waals surface area contributed by atoms with Crippen LogP contribution in [0.1, 0.15) is 44.1 Å². The molecule has 2 N–H and O–H groups in total. The van der Waals surface area contributed by atoms with Gasteiger partial charge in [0, 0.05) is 25.2 Å². The van der Waals surface area contributed by atoms with E-state index in [0.29, 0.717) is 37.4 Å². The van der Waals surface area contributed by atoms with E-state index in [2.05, 4.69) is 5.32 Å². The van der Waals surface area contributed by atoms with E-state index in [1.165, 1.54) is 12.8 Å². The molecule has 1 atom stereocenters. The summed E-state index contributed by atoms with van der Waals surface area (Å²) >= 11 is 0. The molecule has 148 valence electrons. The maximum Gasteiger partial charge on any atom is 0.317 e. The Labute approximate surface area is 159 Å². The Morgan fingerprint density at radius 2 is 2.00 bits per heavy atom. The van der Waals surface area contributed by atoms with Gasteiger partial charge in [-0.15, -0.1) is 0 Å². The number of amides is 2. The predicted octanol–water partition coefficient (Wildman–Crippen LogP) is 3.02. The zero-order valence-electron chi connectivity index (χ0n) is 15.8. The highest BCUT2D eigenvalue weighted by molar-refractivity contribution is 5.76. The van der Waals surface area contributed by atoms with Crippen LogP contribution in [0.2, 0.25) is 0 Å². The zero-order valence-corrected chi connectivity index (χ0v) is 15.8. The van der Waals surface area contributed by atoms with E-state index < -0.39 is 11.9 Å². The Hall–Kier alpha value is -2.44. The number of carboxylic acid groups (broad SMARTS) is 1. The normalized spacial score (nSPS) is 20.3. The standard InChI is InChI=1S/C20H28N2O5/c1-26-17-10-4-6-14(18(17)27-16-8-2-3-9-16)12-21-20(25)22-11-5-7-15(13-22)19(23)24/h4,6,10,15-16H,2-3,5,7-9,11-13H2,1H3,(H,21,25)(H,23,24). The smallest absolute Gasteiger partial charge is 0.317 e. The van der Waals surface area contributed by atoms with E-state index in [-0.39, 0.29) is 18.7 Å². The molecule has 0 spiro atoms. The summed E-state index contributed by atoms with van der Waals surface area (Å²) in [5.74, 6) is 0.0296. The number of ether oxygens (including phenoxy) is 2. The molecule has 1 aromatic rings. The second-order valence-electron chi connectivity index (χ2n) is 7.25. The first-order valence-corrected chi connectivity index (χ1v) is 9.66. The van der Waals surface area contributed by atoms with Crippen LogP contribution in [0.4, 0.5) is 4.79 Å². The van der Waals surface area contributed by atoms with Crippen molar-refractivity contribution < 1.29 is 24.2 Å². The lowest BCUT2D eigenvalue weighted by molar-refractivity contribution is -0.143. The molecule has 1 aromatic carbocycles. The second kappa shape index (κ2) is 8.97. The molecule has 0 bridgehead atoms. The van der Waals surface area contributed by atoms with E-state index in [0.717, 1.165) is 18.4 Å². The van der Waals surface area contributed by atoms with Gasteiger partial charge < -0.3 is 24.8 Å². The van der Waals surface area contributed by atoms with Crippen LogP contribution < -0.4 is 14.8 Å². The highest BCUT2D eigenvalue weighted by atomic mass is 16.5. The number of nitrogens with zero attached hydrogens (tertiary/aromatic N) is 1. The summed E-state index contributed by atoms with van der Waals surface area (Å²) in [6.07, 6.45) is 5.93. The van der Waals surface area contributed by atoms with Crippen molar-refractivity contribution in [1.29, 1.82) is 0 Å². The molecule has 3 rings (SSSR count). The first kappa shape index (κ1) is 19.3. The Balaban J connectivity index is 1.64. The van der Waals surface area contributed by atoms with E-state index in [4.69, 9.17) is 9.47 Å². The molecule has 1 saturated heterocycles. The molecule has 0 radical (unpaired) electrons. The van der Waals surface area contributed by atoms with Crippen LogP contribution in [0, 0.1) is 5.92 Å². The fourth-order valence-electron chi connectivity index (χ4n) is 3.81. The fraction of sp³-hybridized carbons (Fsp3) is 0.600. The van der Waals surface area contributed by atoms with Gasteiger partial charge in [0.05, 0.1) is 19.1 Å². The van der Waals surface area contributed by atoms with Crippen molar-refractivity contribution in [2.24, 2.45) is 5.92 Å². The summed E-state index contributed by atoms with van der Waals surface area (Å²) in [7, 11) is 1.61. The quantitative estimate of drug-likeness (QED) is 0.797. The zero-order chi connectivity index (χ0) is 19.2. The van der Waals surface area contributed by atoms with Crippen molar-refractivity contribution in [2.45, 2.75) is 51.2 Å². The molecule has 1 unspecified atom stereocenters. The minimum atomic E-state index is -0.840. The van der Waals surface area contributed by atoms with Crippen molar-refractivity contribution in [1.82, 2.24) is 10.2 Å². The maximum absolute atomic E-state index is 12.5. The number of likely N-dealkylation sites (tertiary alicyclic amines) is 1. The van der Waals surface area contributed by atoms with Crippen LogP contribution in [-0.4, -0.2) is 48.3 Å². The molecular weight excluding hydrogens is 348 g/mol. The van der Waals surface area contributed by atoms with Crippen LogP contribution in [-0.2, 0) is 11.3 Å². The largest absolute Gasteiger partial charge is 0.493 e. The van der Waals surface area contributed by atoms with Crippen LogP contribution in [0.25, 0.3) is 0 Å². The Kier molecular flexibility index (Phi) is 6.42. The van der Waals surface area contributed by atoms with Crippen LogP contribution >= 0.6 is 0 Å². The molecule has 2 aliphatic rings. The van der Waals surface area contributed by atoms with Crippen molar-refractivity contribution in [3.8, 4) is 11.5 Å². The minimum Gasteiger partial charge on any atom is -0.493 e. The number of carboxylic acids is 1.